The zero-order chi connectivity index (χ0) is 18.6. The second-order valence-electron chi connectivity index (χ2n) is 6.33. The van der Waals surface area contributed by atoms with Gasteiger partial charge >= 0.3 is 10.1 Å². The maximum Gasteiger partial charge on any atom is 0.339 e. The zero-order valence-corrected chi connectivity index (χ0v) is 15.6. The average molecular weight is 373 g/mol. The van der Waals surface area contributed by atoms with E-state index in [1.165, 1.54) is 0 Å². The molecule has 0 bridgehead atoms. The smallest absolute Gasteiger partial charge is 0.339 e. The Morgan fingerprint density at radius 3 is 2.54 bits per heavy atom. The lowest BCUT2D eigenvalue weighted by atomic mass is 10.1. The monoisotopic (exact) mass is 373 g/mol. The molecular weight excluding hydrogens is 350 g/mol. The number of ether oxygens (including phenoxy) is 1. The Labute approximate surface area is 155 Å². The highest BCUT2D eigenvalue weighted by atomic mass is 32.2. The fourth-order valence-corrected chi connectivity index (χ4v) is 3.80. The highest BCUT2D eigenvalue weighted by molar-refractivity contribution is 7.87. The van der Waals surface area contributed by atoms with E-state index in [4.69, 9.17) is 8.92 Å². The predicted molar refractivity (Wildman–Crippen MR) is 101 cm³/mol. The molecular formula is C20H23NO4S. The Balaban J connectivity index is 1.69. The topological polar surface area (TPSA) is 55.8 Å². The number of aryl methyl sites for hydroxylation is 1. The molecule has 5 nitrogen and oxygen atoms in total. The van der Waals surface area contributed by atoms with Crippen molar-refractivity contribution in [2.24, 2.45) is 0 Å². The SMILES string of the molecule is C=CCN1CCO[C@H](c2ccc(OS(=O)(=O)c3ccc(C)cc3)cc2)C1. The molecule has 138 valence electrons. The van der Waals surface area contributed by atoms with Crippen LogP contribution in [-0.4, -0.2) is 39.6 Å². The van der Waals surface area contributed by atoms with Gasteiger partial charge < -0.3 is 8.92 Å². The van der Waals surface area contributed by atoms with Crippen molar-refractivity contribution >= 4 is 10.1 Å². The van der Waals surface area contributed by atoms with Crippen LogP contribution in [0, 0.1) is 6.92 Å². The molecule has 0 spiro atoms. The Bertz CT molecular complexity index is 844. The first-order valence-electron chi connectivity index (χ1n) is 8.54. The number of hydrogen-bond acceptors (Lipinski definition) is 5. The lowest BCUT2D eigenvalue weighted by molar-refractivity contribution is -0.0260. The molecule has 0 aliphatic carbocycles. The largest absolute Gasteiger partial charge is 0.379 e. The van der Waals surface area contributed by atoms with Gasteiger partial charge in [-0.25, -0.2) is 0 Å². The van der Waals surface area contributed by atoms with E-state index in [-0.39, 0.29) is 16.7 Å². The summed E-state index contributed by atoms with van der Waals surface area (Å²) in [7, 11) is -3.83. The minimum absolute atomic E-state index is 0.0357. The molecule has 0 aromatic heterocycles. The molecule has 1 aliphatic rings. The summed E-state index contributed by atoms with van der Waals surface area (Å²) in [5.74, 6) is 0.285. The molecule has 2 aromatic carbocycles. The summed E-state index contributed by atoms with van der Waals surface area (Å²) in [5, 5.41) is 0. The quantitative estimate of drug-likeness (QED) is 0.574. The normalized spacial score (nSPS) is 18.4. The molecule has 6 heteroatoms. The summed E-state index contributed by atoms with van der Waals surface area (Å²) < 4.78 is 35.8. The van der Waals surface area contributed by atoms with E-state index in [2.05, 4.69) is 11.5 Å². The lowest BCUT2D eigenvalue weighted by Crippen LogP contribution is -2.38. The van der Waals surface area contributed by atoms with Crippen LogP contribution in [0.4, 0.5) is 0 Å². The van der Waals surface area contributed by atoms with Gasteiger partial charge in [0.25, 0.3) is 0 Å². The van der Waals surface area contributed by atoms with Crippen LogP contribution in [0.15, 0.2) is 66.1 Å². The number of morpholine rings is 1. The van der Waals surface area contributed by atoms with Gasteiger partial charge in [-0.05, 0) is 36.8 Å². The fourth-order valence-electron chi connectivity index (χ4n) is 2.87. The first-order valence-corrected chi connectivity index (χ1v) is 9.95. The maximum atomic E-state index is 12.4. The minimum Gasteiger partial charge on any atom is -0.379 e. The van der Waals surface area contributed by atoms with E-state index in [0.717, 1.165) is 30.8 Å². The summed E-state index contributed by atoms with van der Waals surface area (Å²) in [6.45, 7) is 8.84. The van der Waals surface area contributed by atoms with Crippen molar-refractivity contribution < 1.29 is 17.3 Å². The van der Waals surface area contributed by atoms with Gasteiger partial charge in [-0.15, -0.1) is 6.58 Å². The van der Waals surface area contributed by atoms with Gasteiger partial charge in [0.2, 0.25) is 0 Å². The second kappa shape index (κ2) is 8.03. The zero-order valence-electron chi connectivity index (χ0n) is 14.8. The molecule has 1 aliphatic heterocycles. The van der Waals surface area contributed by atoms with E-state index >= 15 is 0 Å². The van der Waals surface area contributed by atoms with Crippen molar-refractivity contribution in [2.45, 2.75) is 17.9 Å². The standard InChI is InChI=1S/C20H23NO4S/c1-3-12-21-13-14-24-20(15-21)17-6-8-18(9-7-17)25-26(22,23)19-10-4-16(2)5-11-19/h3-11,20H,1,12-15H2,2H3/t20-/m0/s1. The van der Waals surface area contributed by atoms with Crippen molar-refractivity contribution in [1.82, 2.24) is 4.90 Å². The van der Waals surface area contributed by atoms with Crippen LogP contribution in [0.25, 0.3) is 0 Å². The van der Waals surface area contributed by atoms with Crippen LogP contribution in [0.1, 0.15) is 17.2 Å². The summed E-state index contributed by atoms with van der Waals surface area (Å²) in [6.07, 6.45) is 1.85. The Morgan fingerprint density at radius 1 is 1.19 bits per heavy atom. The molecule has 0 N–H and O–H groups in total. The molecule has 0 amide bonds. The van der Waals surface area contributed by atoms with E-state index in [9.17, 15) is 8.42 Å². The van der Waals surface area contributed by atoms with Gasteiger partial charge in [0, 0.05) is 19.6 Å². The van der Waals surface area contributed by atoms with E-state index in [1.54, 1.807) is 36.4 Å². The Kier molecular flexibility index (Phi) is 5.76. The average Bonchev–Trinajstić information content (AvgIpc) is 2.63. The predicted octanol–water partition coefficient (Wildman–Crippen LogP) is 3.32. The van der Waals surface area contributed by atoms with Crippen LogP contribution < -0.4 is 4.18 Å². The molecule has 0 saturated carbocycles. The summed E-state index contributed by atoms with van der Waals surface area (Å²) in [6, 6.07) is 13.6. The van der Waals surface area contributed by atoms with Crippen molar-refractivity contribution in [2.75, 3.05) is 26.2 Å². The van der Waals surface area contributed by atoms with E-state index in [0.29, 0.717) is 6.61 Å². The van der Waals surface area contributed by atoms with Crippen molar-refractivity contribution in [3.63, 3.8) is 0 Å². The molecule has 26 heavy (non-hydrogen) atoms. The van der Waals surface area contributed by atoms with Crippen LogP contribution in [0.2, 0.25) is 0 Å². The first-order chi connectivity index (χ1) is 12.5. The number of nitrogens with zero attached hydrogens (tertiary/aromatic N) is 1. The lowest BCUT2D eigenvalue weighted by Gasteiger charge is -2.32. The highest BCUT2D eigenvalue weighted by Gasteiger charge is 2.22. The van der Waals surface area contributed by atoms with Gasteiger partial charge in [-0.1, -0.05) is 35.9 Å². The molecule has 0 radical (unpaired) electrons. The van der Waals surface area contributed by atoms with Gasteiger partial charge in [0.1, 0.15) is 10.6 Å². The van der Waals surface area contributed by atoms with Gasteiger partial charge in [0.05, 0.1) is 12.7 Å². The van der Waals surface area contributed by atoms with Crippen LogP contribution >= 0.6 is 0 Å². The van der Waals surface area contributed by atoms with E-state index in [1.807, 2.05) is 25.1 Å². The molecule has 2 aromatic rings. The Hall–Kier alpha value is -2.15. The van der Waals surface area contributed by atoms with Crippen LogP contribution in [0.3, 0.4) is 0 Å². The minimum atomic E-state index is -3.83. The molecule has 1 fully saturated rings. The third kappa shape index (κ3) is 4.52. The van der Waals surface area contributed by atoms with Crippen LogP contribution in [0.5, 0.6) is 5.75 Å². The van der Waals surface area contributed by atoms with Gasteiger partial charge in [-0.2, -0.15) is 8.42 Å². The third-order valence-electron chi connectivity index (χ3n) is 4.31. The van der Waals surface area contributed by atoms with Crippen LogP contribution in [-0.2, 0) is 14.9 Å². The van der Waals surface area contributed by atoms with Crippen molar-refractivity contribution in [3.8, 4) is 5.75 Å². The van der Waals surface area contributed by atoms with E-state index < -0.39 is 10.1 Å². The number of hydrogen-bond donors (Lipinski definition) is 0. The second-order valence-corrected chi connectivity index (χ2v) is 7.87. The molecule has 3 rings (SSSR count). The fraction of sp³-hybridized carbons (Fsp3) is 0.300. The molecule has 1 heterocycles. The number of benzene rings is 2. The summed E-state index contributed by atoms with van der Waals surface area (Å²) in [5.41, 5.74) is 1.99. The molecule has 0 unspecified atom stereocenters. The van der Waals surface area contributed by atoms with Crippen molar-refractivity contribution in [3.05, 3.63) is 72.3 Å². The summed E-state index contributed by atoms with van der Waals surface area (Å²) >= 11 is 0. The van der Waals surface area contributed by atoms with Gasteiger partial charge in [0.15, 0.2) is 0 Å². The molecule has 1 saturated heterocycles. The maximum absolute atomic E-state index is 12.4. The van der Waals surface area contributed by atoms with Gasteiger partial charge in [-0.3, -0.25) is 4.90 Å². The first kappa shape index (κ1) is 18.6. The van der Waals surface area contributed by atoms with Crippen molar-refractivity contribution in [1.29, 1.82) is 0 Å². The molecule has 1 atom stereocenters. The third-order valence-corrected chi connectivity index (χ3v) is 5.57. The highest BCUT2D eigenvalue weighted by Crippen LogP contribution is 2.26. The summed E-state index contributed by atoms with van der Waals surface area (Å²) in [4.78, 5) is 2.41. The number of rotatable bonds is 6. The Morgan fingerprint density at radius 2 is 1.88 bits per heavy atom.